The van der Waals surface area contributed by atoms with E-state index in [0.717, 1.165) is 19.3 Å². The van der Waals surface area contributed by atoms with E-state index in [2.05, 4.69) is 5.32 Å². The van der Waals surface area contributed by atoms with Crippen molar-refractivity contribution >= 4 is 12.2 Å². The molecule has 0 bridgehead atoms. The summed E-state index contributed by atoms with van der Waals surface area (Å²) >= 11 is 0. The van der Waals surface area contributed by atoms with Crippen LogP contribution in [0.25, 0.3) is 0 Å². The fourth-order valence-electron chi connectivity index (χ4n) is 0.940. The van der Waals surface area contributed by atoms with E-state index in [1.54, 1.807) is 6.92 Å². The first-order chi connectivity index (χ1) is 5.68. The molecule has 0 aromatic rings. The third-order valence-electron chi connectivity index (χ3n) is 1.99. The molecule has 0 saturated heterocycles. The number of nitrogens with one attached hydrogen (secondary N) is 1. The summed E-state index contributed by atoms with van der Waals surface area (Å²) in [7, 11) is 0. The van der Waals surface area contributed by atoms with Crippen LogP contribution in [0.4, 0.5) is 0 Å². The Hall–Kier alpha value is -0.860. The highest BCUT2D eigenvalue weighted by atomic mass is 16.1. The number of unbranched alkanes of at least 4 members (excludes halogenated alkanes) is 1. The Kier molecular flexibility index (Phi) is 6.34. The van der Waals surface area contributed by atoms with E-state index in [4.69, 9.17) is 0 Å². The highest BCUT2D eigenvalue weighted by Gasteiger charge is 2.05. The van der Waals surface area contributed by atoms with Gasteiger partial charge in [0.2, 0.25) is 6.41 Å². The number of rotatable bonds is 7. The van der Waals surface area contributed by atoms with Crippen LogP contribution >= 0.6 is 0 Å². The van der Waals surface area contributed by atoms with Crippen molar-refractivity contribution in [1.82, 2.24) is 5.32 Å². The summed E-state index contributed by atoms with van der Waals surface area (Å²) in [5.74, 6) is 0.416. The summed E-state index contributed by atoms with van der Waals surface area (Å²) in [6.45, 7) is 4.28. The van der Waals surface area contributed by atoms with Crippen LogP contribution < -0.4 is 5.32 Å². The highest BCUT2D eigenvalue weighted by Crippen LogP contribution is 2.07. The summed E-state index contributed by atoms with van der Waals surface area (Å²) in [6.07, 6.45) is 3.59. The SMILES string of the molecule is CC(=O)[C@@H](C)CCCCNC=O. The molecule has 1 N–H and O–H groups in total. The van der Waals surface area contributed by atoms with E-state index < -0.39 is 0 Å². The second-order valence-corrected chi connectivity index (χ2v) is 3.08. The molecule has 0 saturated carbocycles. The zero-order valence-electron chi connectivity index (χ0n) is 7.80. The lowest BCUT2D eigenvalue weighted by Crippen LogP contribution is -2.13. The van der Waals surface area contributed by atoms with Crippen molar-refractivity contribution in [3.8, 4) is 0 Å². The van der Waals surface area contributed by atoms with E-state index in [1.165, 1.54) is 0 Å². The molecule has 3 nitrogen and oxygen atoms in total. The molecule has 0 rings (SSSR count). The fraction of sp³-hybridized carbons (Fsp3) is 0.778. The minimum absolute atomic E-state index is 0.168. The first-order valence-electron chi connectivity index (χ1n) is 4.36. The lowest BCUT2D eigenvalue weighted by Gasteiger charge is -2.05. The van der Waals surface area contributed by atoms with Crippen LogP contribution in [0.5, 0.6) is 0 Å². The summed E-state index contributed by atoms with van der Waals surface area (Å²) < 4.78 is 0. The first-order valence-corrected chi connectivity index (χ1v) is 4.36. The first kappa shape index (κ1) is 11.1. The largest absolute Gasteiger partial charge is 0.359 e. The Morgan fingerprint density at radius 3 is 2.67 bits per heavy atom. The maximum atomic E-state index is 10.8. The van der Waals surface area contributed by atoms with Crippen molar-refractivity contribution in [3.05, 3.63) is 0 Å². The van der Waals surface area contributed by atoms with Crippen LogP contribution in [0.1, 0.15) is 33.1 Å². The third kappa shape index (κ3) is 5.89. The van der Waals surface area contributed by atoms with Gasteiger partial charge in [0.05, 0.1) is 0 Å². The number of hydrogen-bond donors (Lipinski definition) is 1. The lowest BCUT2D eigenvalue weighted by atomic mass is 10.0. The van der Waals surface area contributed by atoms with Crippen molar-refractivity contribution in [2.75, 3.05) is 6.54 Å². The van der Waals surface area contributed by atoms with Gasteiger partial charge in [0.25, 0.3) is 0 Å². The van der Waals surface area contributed by atoms with Crippen LogP contribution in [0.2, 0.25) is 0 Å². The molecule has 0 aliphatic heterocycles. The molecule has 12 heavy (non-hydrogen) atoms. The van der Waals surface area contributed by atoms with E-state index >= 15 is 0 Å². The molecule has 0 radical (unpaired) electrons. The van der Waals surface area contributed by atoms with E-state index in [-0.39, 0.29) is 11.7 Å². The zero-order chi connectivity index (χ0) is 9.40. The molecule has 70 valence electrons. The molecule has 1 atom stereocenters. The molecule has 0 heterocycles. The summed E-state index contributed by atoms with van der Waals surface area (Å²) in [5, 5.41) is 2.59. The minimum Gasteiger partial charge on any atom is -0.359 e. The average Bonchev–Trinajstić information content (AvgIpc) is 2.03. The van der Waals surface area contributed by atoms with Gasteiger partial charge < -0.3 is 5.32 Å². The van der Waals surface area contributed by atoms with Gasteiger partial charge in [0.15, 0.2) is 0 Å². The predicted octanol–water partition coefficient (Wildman–Crippen LogP) is 1.13. The normalized spacial score (nSPS) is 12.2. The van der Waals surface area contributed by atoms with Crippen molar-refractivity contribution in [2.45, 2.75) is 33.1 Å². The maximum absolute atomic E-state index is 10.8. The van der Waals surface area contributed by atoms with Gasteiger partial charge in [-0.3, -0.25) is 9.59 Å². The molecular weight excluding hydrogens is 154 g/mol. The molecule has 0 spiro atoms. The average molecular weight is 171 g/mol. The van der Waals surface area contributed by atoms with Gasteiger partial charge in [0, 0.05) is 12.5 Å². The van der Waals surface area contributed by atoms with Gasteiger partial charge in [-0.2, -0.15) is 0 Å². The number of ketones is 1. The molecule has 0 fully saturated rings. The standard InChI is InChI=1S/C9H17NO2/c1-8(9(2)12)5-3-4-6-10-7-11/h7-8H,3-6H2,1-2H3,(H,10,11)/t8-/m0/s1. The number of Topliss-reactive ketones (excluding diaryl/α,β-unsaturated/α-hetero) is 1. The topological polar surface area (TPSA) is 46.2 Å². The van der Waals surface area contributed by atoms with Gasteiger partial charge in [-0.15, -0.1) is 0 Å². The molecule has 0 aromatic heterocycles. The predicted molar refractivity (Wildman–Crippen MR) is 47.8 cm³/mol. The zero-order valence-corrected chi connectivity index (χ0v) is 7.80. The second-order valence-electron chi connectivity index (χ2n) is 3.08. The van der Waals surface area contributed by atoms with Gasteiger partial charge >= 0.3 is 0 Å². The fourth-order valence-corrected chi connectivity index (χ4v) is 0.940. The summed E-state index contributed by atoms with van der Waals surface area (Å²) in [6, 6.07) is 0. The molecular formula is C9H17NO2. The van der Waals surface area contributed by atoms with E-state index in [1.807, 2.05) is 6.92 Å². The van der Waals surface area contributed by atoms with Crippen molar-refractivity contribution in [1.29, 1.82) is 0 Å². The number of amides is 1. The van der Waals surface area contributed by atoms with E-state index in [9.17, 15) is 9.59 Å². The van der Waals surface area contributed by atoms with Gasteiger partial charge in [-0.1, -0.05) is 13.3 Å². The lowest BCUT2D eigenvalue weighted by molar-refractivity contribution is -0.120. The van der Waals surface area contributed by atoms with Crippen molar-refractivity contribution < 1.29 is 9.59 Å². The highest BCUT2D eigenvalue weighted by molar-refractivity contribution is 5.77. The smallest absolute Gasteiger partial charge is 0.207 e. The molecule has 0 unspecified atom stereocenters. The monoisotopic (exact) mass is 171 g/mol. The molecule has 1 amide bonds. The Morgan fingerprint density at radius 1 is 1.50 bits per heavy atom. The number of carbonyl (C=O) groups is 2. The number of carbonyl (C=O) groups excluding carboxylic acids is 2. The van der Waals surface area contributed by atoms with Crippen LogP contribution in [-0.4, -0.2) is 18.7 Å². The summed E-state index contributed by atoms with van der Waals surface area (Å²) in [4.78, 5) is 20.6. The van der Waals surface area contributed by atoms with Crippen LogP contribution in [0, 0.1) is 5.92 Å². The quantitative estimate of drug-likeness (QED) is 0.461. The number of hydrogen-bond acceptors (Lipinski definition) is 2. The van der Waals surface area contributed by atoms with Crippen LogP contribution in [-0.2, 0) is 9.59 Å². The van der Waals surface area contributed by atoms with Crippen molar-refractivity contribution in [3.63, 3.8) is 0 Å². The van der Waals surface area contributed by atoms with Gasteiger partial charge in [-0.05, 0) is 19.8 Å². The second kappa shape index (κ2) is 6.83. The maximum Gasteiger partial charge on any atom is 0.207 e. The molecule has 0 aliphatic carbocycles. The Labute approximate surface area is 73.5 Å². The Morgan fingerprint density at radius 2 is 2.17 bits per heavy atom. The Bertz CT molecular complexity index is 145. The summed E-state index contributed by atoms with van der Waals surface area (Å²) in [5.41, 5.74) is 0. The van der Waals surface area contributed by atoms with E-state index in [0.29, 0.717) is 13.0 Å². The Balaban J connectivity index is 3.19. The molecule has 0 aromatic carbocycles. The van der Waals surface area contributed by atoms with Crippen LogP contribution in [0.15, 0.2) is 0 Å². The minimum atomic E-state index is 0.168. The van der Waals surface area contributed by atoms with Gasteiger partial charge in [-0.25, -0.2) is 0 Å². The molecule has 0 aliphatic rings. The van der Waals surface area contributed by atoms with Gasteiger partial charge in [0.1, 0.15) is 5.78 Å². The van der Waals surface area contributed by atoms with Crippen LogP contribution in [0.3, 0.4) is 0 Å². The third-order valence-corrected chi connectivity index (χ3v) is 1.99. The van der Waals surface area contributed by atoms with Crippen molar-refractivity contribution in [2.24, 2.45) is 5.92 Å². The molecule has 3 heteroatoms.